The minimum atomic E-state index is 0.540. The number of fused-ring (bicyclic) bond motifs is 1. The second-order valence-electron chi connectivity index (χ2n) is 4.99. The molecule has 1 aliphatic rings. The maximum atomic E-state index is 5.42. The molecule has 4 heteroatoms. The summed E-state index contributed by atoms with van der Waals surface area (Å²) in [6.07, 6.45) is 0. The maximum Gasteiger partial charge on any atom is 0.145 e. The van der Waals surface area contributed by atoms with Crippen molar-refractivity contribution in [1.82, 2.24) is 0 Å². The lowest BCUT2D eigenvalue weighted by molar-refractivity contribution is 0.395. The van der Waals surface area contributed by atoms with Gasteiger partial charge in [-0.25, -0.2) is 0 Å². The van der Waals surface area contributed by atoms with Gasteiger partial charge < -0.3 is 14.8 Å². The smallest absolute Gasteiger partial charge is 0.145 e. The fourth-order valence-corrected chi connectivity index (χ4v) is 3.83. The van der Waals surface area contributed by atoms with Crippen molar-refractivity contribution < 1.29 is 9.47 Å². The molecule has 0 bridgehead atoms. The van der Waals surface area contributed by atoms with Crippen LogP contribution in [0.2, 0.25) is 0 Å². The Morgan fingerprint density at radius 2 is 2.00 bits per heavy atom. The molecule has 0 saturated carbocycles. The average molecular weight is 301 g/mol. The number of ether oxygens (including phenoxy) is 2. The lowest BCUT2D eigenvalue weighted by atomic mass is 10.0. The monoisotopic (exact) mass is 301 g/mol. The molecule has 0 aromatic heterocycles. The molecule has 2 aromatic rings. The average Bonchev–Trinajstić information content (AvgIpc) is 2.96. The molecule has 0 aliphatic carbocycles. The highest BCUT2D eigenvalue weighted by molar-refractivity contribution is 7.99. The van der Waals surface area contributed by atoms with Crippen LogP contribution in [0.15, 0.2) is 47.4 Å². The number of anilines is 1. The van der Waals surface area contributed by atoms with Gasteiger partial charge in [-0.3, -0.25) is 0 Å². The first-order valence-electron chi connectivity index (χ1n) is 6.99. The van der Waals surface area contributed by atoms with Gasteiger partial charge in [0, 0.05) is 29.2 Å². The van der Waals surface area contributed by atoms with Crippen LogP contribution in [0.4, 0.5) is 5.69 Å². The second kappa shape index (κ2) is 6.31. The van der Waals surface area contributed by atoms with E-state index in [2.05, 4.69) is 29.6 Å². The van der Waals surface area contributed by atoms with Gasteiger partial charge >= 0.3 is 0 Å². The summed E-state index contributed by atoms with van der Waals surface area (Å²) in [5.74, 6) is 3.29. The van der Waals surface area contributed by atoms with Gasteiger partial charge in [0.1, 0.15) is 11.5 Å². The molecule has 0 amide bonds. The van der Waals surface area contributed by atoms with Crippen molar-refractivity contribution in [3.05, 3.63) is 48.0 Å². The number of rotatable bonds is 5. The first-order valence-corrected chi connectivity index (χ1v) is 7.98. The van der Waals surface area contributed by atoms with Crippen LogP contribution in [0.25, 0.3) is 0 Å². The SMILES string of the molecule is COc1ccc(NCC2CSc3ccccc32)c(OC)c1. The zero-order chi connectivity index (χ0) is 14.7. The molecule has 0 saturated heterocycles. The summed E-state index contributed by atoms with van der Waals surface area (Å²) in [5, 5.41) is 3.50. The summed E-state index contributed by atoms with van der Waals surface area (Å²) in [6.45, 7) is 0.909. The summed E-state index contributed by atoms with van der Waals surface area (Å²) < 4.78 is 10.6. The Kier molecular flexibility index (Phi) is 4.25. The Bertz CT molecular complexity index is 630. The van der Waals surface area contributed by atoms with Crippen molar-refractivity contribution in [1.29, 1.82) is 0 Å². The first-order chi connectivity index (χ1) is 10.3. The lowest BCUT2D eigenvalue weighted by Crippen LogP contribution is -2.12. The van der Waals surface area contributed by atoms with E-state index in [4.69, 9.17) is 9.47 Å². The predicted octanol–water partition coefficient (Wildman–Crippen LogP) is 4.01. The van der Waals surface area contributed by atoms with Crippen LogP contribution in [-0.4, -0.2) is 26.5 Å². The number of hydrogen-bond acceptors (Lipinski definition) is 4. The topological polar surface area (TPSA) is 30.5 Å². The molecule has 110 valence electrons. The summed E-state index contributed by atoms with van der Waals surface area (Å²) in [4.78, 5) is 1.41. The van der Waals surface area contributed by atoms with E-state index in [1.54, 1.807) is 14.2 Å². The minimum absolute atomic E-state index is 0.540. The van der Waals surface area contributed by atoms with Crippen LogP contribution in [0, 0.1) is 0 Å². The predicted molar refractivity (Wildman–Crippen MR) is 87.9 cm³/mol. The zero-order valence-corrected chi connectivity index (χ0v) is 13.1. The zero-order valence-electron chi connectivity index (χ0n) is 12.3. The molecule has 1 unspecified atom stereocenters. The highest BCUT2D eigenvalue weighted by atomic mass is 32.2. The largest absolute Gasteiger partial charge is 0.497 e. The molecule has 1 heterocycles. The fraction of sp³-hybridized carbons (Fsp3) is 0.294. The molecular weight excluding hydrogens is 282 g/mol. The molecule has 1 N–H and O–H groups in total. The maximum absolute atomic E-state index is 5.42. The van der Waals surface area contributed by atoms with Crippen molar-refractivity contribution in [3.63, 3.8) is 0 Å². The third-order valence-corrected chi connectivity index (χ3v) is 5.00. The Morgan fingerprint density at radius 3 is 2.81 bits per heavy atom. The third-order valence-electron chi connectivity index (χ3n) is 3.75. The molecule has 0 spiro atoms. The van der Waals surface area contributed by atoms with Gasteiger partial charge in [0.25, 0.3) is 0 Å². The standard InChI is InChI=1S/C17H19NO2S/c1-19-13-7-8-15(16(9-13)20-2)18-10-12-11-21-17-6-4-3-5-14(12)17/h3-9,12,18H,10-11H2,1-2H3. The summed E-state index contributed by atoms with van der Waals surface area (Å²) >= 11 is 1.94. The lowest BCUT2D eigenvalue weighted by Gasteiger charge is -2.16. The molecule has 1 atom stereocenters. The van der Waals surface area contributed by atoms with Gasteiger partial charge in [-0.05, 0) is 23.8 Å². The fourth-order valence-electron chi connectivity index (χ4n) is 2.58. The second-order valence-corrected chi connectivity index (χ2v) is 6.05. The highest BCUT2D eigenvalue weighted by Crippen LogP contribution is 2.39. The molecule has 21 heavy (non-hydrogen) atoms. The van der Waals surface area contributed by atoms with E-state index >= 15 is 0 Å². The van der Waals surface area contributed by atoms with Crippen LogP contribution in [0.3, 0.4) is 0 Å². The number of hydrogen-bond donors (Lipinski definition) is 1. The van der Waals surface area contributed by atoms with Crippen molar-refractivity contribution >= 4 is 17.4 Å². The van der Waals surface area contributed by atoms with Crippen molar-refractivity contribution in [2.75, 3.05) is 31.8 Å². The molecular formula is C17H19NO2S. The van der Waals surface area contributed by atoms with Crippen LogP contribution >= 0.6 is 11.8 Å². The van der Waals surface area contributed by atoms with Crippen LogP contribution < -0.4 is 14.8 Å². The third kappa shape index (κ3) is 2.95. The molecule has 2 aromatic carbocycles. The van der Waals surface area contributed by atoms with Gasteiger partial charge in [-0.1, -0.05) is 18.2 Å². The van der Waals surface area contributed by atoms with Gasteiger partial charge in [0.15, 0.2) is 0 Å². The minimum Gasteiger partial charge on any atom is -0.497 e. The number of methoxy groups -OCH3 is 2. The quantitative estimate of drug-likeness (QED) is 0.904. The van der Waals surface area contributed by atoms with E-state index in [0.29, 0.717) is 5.92 Å². The van der Waals surface area contributed by atoms with E-state index in [9.17, 15) is 0 Å². The Balaban J connectivity index is 1.71. The molecule has 1 aliphatic heterocycles. The highest BCUT2D eigenvalue weighted by Gasteiger charge is 2.22. The number of benzene rings is 2. The van der Waals surface area contributed by atoms with Gasteiger partial charge in [0.05, 0.1) is 19.9 Å². The van der Waals surface area contributed by atoms with Crippen LogP contribution in [0.5, 0.6) is 11.5 Å². The van der Waals surface area contributed by atoms with Crippen molar-refractivity contribution in [3.8, 4) is 11.5 Å². The summed E-state index contributed by atoms with van der Waals surface area (Å²) in [6, 6.07) is 14.5. The van der Waals surface area contributed by atoms with Crippen LogP contribution in [-0.2, 0) is 0 Å². The Labute approximate surface area is 129 Å². The van der Waals surface area contributed by atoms with Crippen LogP contribution in [0.1, 0.15) is 11.5 Å². The van der Waals surface area contributed by atoms with Crippen molar-refractivity contribution in [2.24, 2.45) is 0 Å². The Morgan fingerprint density at radius 1 is 1.14 bits per heavy atom. The Hall–Kier alpha value is -1.81. The first kappa shape index (κ1) is 14.1. The summed E-state index contributed by atoms with van der Waals surface area (Å²) in [7, 11) is 3.34. The molecule has 0 fully saturated rings. The molecule has 3 nitrogen and oxygen atoms in total. The van der Waals surface area contributed by atoms with Gasteiger partial charge in [-0.15, -0.1) is 11.8 Å². The van der Waals surface area contributed by atoms with E-state index in [1.807, 2.05) is 30.0 Å². The van der Waals surface area contributed by atoms with E-state index in [-0.39, 0.29) is 0 Å². The molecule has 3 rings (SSSR count). The van der Waals surface area contributed by atoms with Gasteiger partial charge in [-0.2, -0.15) is 0 Å². The summed E-state index contributed by atoms with van der Waals surface area (Å²) in [5.41, 5.74) is 2.45. The van der Waals surface area contributed by atoms with E-state index in [1.165, 1.54) is 10.5 Å². The van der Waals surface area contributed by atoms with Gasteiger partial charge in [0.2, 0.25) is 0 Å². The number of thioether (sulfide) groups is 1. The normalized spacial score (nSPS) is 16.4. The van der Waals surface area contributed by atoms with E-state index in [0.717, 1.165) is 29.5 Å². The number of nitrogens with one attached hydrogen (secondary N) is 1. The molecule has 0 radical (unpaired) electrons. The van der Waals surface area contributed by atoms with E-state index < -0.39 is 0 Å². The van der Waals surface area contributed by atoms with Crippen molar-refractivity contribution in [2.45, 2.75) is 10.8 Å².